The van der Waals surface area contributed by atoms with E-state index in [9.17, 15) is 79.4 Å². The highest BCUT2D eigenvalue weighted by Gasteiger charge is 2.82. The first kappa shape index (κ1) is 31.8. The van der Waals surface area contributed by atoms with Gasteiger partial charge in [-0.3, -0.25) is 0 Å². The van der Waals surface area contributed by atoms with Crippen LogP contribution in [0.5, 0.6) is 0 Å². The Balaban J connectivity index is 6.51. The fraction of sp³-hybridized carbons (Fsp3) is 0.667. The van der Waals surface area contributed by atoms with Crippen LogP contribution < -0.4 is 0 Å². The summed E-state index contributed by atoms with van der Waals surface area (Å²) in [5.74, 6) is -45.5. The third-order valence-electron chi connectivity index (χ3n) is 3.83. The number of hydrogen-bond donors (Lipinski definition) is 1. The molecule has 0 aromatic rings. The highest BCUT2D eigenvalue weighted by molar-refractivity contribution is 5.90. The number of halogens is 17. The molecule has 0 aromatic heterocycles. The van der Waals surface area contributed by atoms with Crippen LogP contribution in [-0.4, -0.2) is 47.1 Å². The highest BCUT2D eigenvalue weighted by Crippen LogP contribution is 2.57. The number of carbonyl (C=O) groups is 1. The van der Waals surface area contributed by atoms with Gasteiger partial charge in [0.25, 0.3) is 0 Å². The second-order valence-corrected chi connectivity index (χ2v) is 6.37. The molecule has 0 unspecified atom stereocenters. The molecular formula is C15H9F17O2. The van der Waals surface area contributed by atoms with E-state index in [2.05, 4.69) is 0 Å². The molecule has 0 aliphatic heterocycles. The minimum absolute atomic E-state index is 1.39. The predicted molar refractivity (Wildman–Crippen MR) is 75.4 cm³/mol. The van der Waals surface area contributed by atoms with Crippen molar-refractivity contribution in [1.82, 2.24) is 0 Å². The van der Waals surface area contributed by atoms with Gasteiger partial charge in [-0.05, 0) is 12.8 Å². The summed E-state index contributed by atoms with van der Waals surface area (Å²) in [5.41, 5.74) is -4.28. The number of carboxylic acid groups (broad SMARTS) is 1. The lowest BCUT2D eigenvalue weighted by atomic mass is 9.90. The smallest absolute Gasteiger partial charge is 0.446 e. The third kappa shape index (κ3) is 6.45. The fourth-order valence-electron chi connectivity index (χ4n) is 2.11. The standard InChI is InChI=1S/C15H9F17O2/c16-6(7(17)8(18)13(26,27)28)5(9(33)34)12(24,25)15(31,32)14(29,30)10(19,20)3-1-2-4-11(21,22)23/h1-4H2,(H,33,34). The molecule has 0 bridgehead atoms. The summed E-state index contributed by atoms with van der Waals surface area (Å²) >= 11 is 0. The second kappa shape index (κ2) is 9.79. The van der Waals surface area contributed by atoms with Gasteiger partial charge in [0.2, 0.25) is 5.83 Å². The van der Waals surface area contributed by atoms with Crippen molar-refractivity contribution in [3.05, 3.63) is 23.1 Å². The molecule has 0 rings (SSSR count). The van der Waals surface area contributed by atoms with E-state index in [-0.39, 0.29) is 0 Å². The van der Waals surface area contributed by atoms with E-state index in [1.165, 1.54) is 0 Å². The molecule has 0 fully saturated rings. The van der Waals surface area contributed by atoms with Crippen LogP contribution in [0, 0.1) is 0 Å². The van der Waals surface area contributed by atoms with Gasteiger partial charge < -0.3 is 5.11 Å². The monoisotopic (exact) mass is 544 g/mol. The molecular weight excluding hydrogens is 535 g/mol. The molecule has 0 heterocycles. The molecule has 0 amide bonds. The molecule has 34 heavy (non-hydrogen) atoms. The van der Waals surface area contributed by atoms with E-state index >= 15 is 0 Å². The van der Waals surface area contributed by atoms with Gasteiger partial charge in [-0.2, -0.15) is 65.9 Å². The Labute approximate surface area is 176 Å². The van der Waals surface area contributed by atoms with Crippen LogP contribution >= 0.6 is 0 Å². The van der Waals surface area contributed by atoms with Crippen LogP contribution in [0.3, 0.4) is 0 Å². The molecule has 0 aliphatic carbocycles. The molecule has 0 spiro atoms. The maximum atomic E-state index is 13.9. The van der Waals surface area contributed by atoms with Gasteiger partial charge in [0.15, 0.2) is 17.2 Å². The van der Waals surface area contributed by atoms with Gasteiger partial charge >= 0.3 is 42.0 Å². The van der Waals surface area contributed by atoms with Crippen LogP contribution in [-0.2, 0) is 4.79 Å². The van der Waals surface area contributed by atoms with Gasteiger partial charge in [-0.25, -0.2) is 13.6 Å². The van der Waals surface area contributed by atoms with Gasteiger partial charge in [0.05, 0.1) is 0 Å². The molecule has 0 saturated heterocycles. The Morgan fingerprint density at radius 2 is 1.03 bits per heavy atom. The average molecular weight is 544 g/mol. The third-order valence-corrected chi connectivity index (χ3v) is 3.83. The van der Waals surface area contributed by atoms with Crippen molar-refractivity contribution in [3.8, 4) is 0 Å². The molecule has 2 nitrogen and oxygen atoms in total. The number of allylic oxidation sites excluding steroid dienone is 3. The largest absolute Gasteiger partial charge is 0.478 e. The molecule has 0 aliphatic rings. The minimum atomic E-state index is -7.71. The number of rotatable bonds is 10. The lowest BCUT2D eigenvalue weighted by Crippen LogP contribution is -2.63. The minimum Gasteiger partial charge on any atom is -0.478 e. The van der Waals surface area contributed by atoms with Crippen LogP contribution in [0.15, 0.2) is 23.1 Å². The summed E-state index contributed by atoms with van der Waals surface area (Å²) in [5, 5.41) is 8.35. The fourth-order valence-corrected chi connectivity index (χ4v) is 2.11. The van der Waals surface area contributed by atoms with Crippen molar-refractivity contribution in [1.29, 1.82) is 0 Å². The summed E-state index contributed by atoms with van der Waals surface area (Å²) in [6.45, 7) is 0. The zero-order chi connectivity index (χ0) is 27.7. The number of aliphatic carboxylic acids is 1. The number of unbranched alkanes of at least 4 members (excludes halogenated alkanes) is 1. The van der Waals surface area contributed by atoms with E-state index in [4.69, 9.17) is 5.11 Å². The maximum absolute atomic E-state index is 13.9. The van der Waals surface area contributed by atoms with Crippen molar-refractivity contribution in [3.63, 3.8) is 0 Å². The van der Waals surface area contributed by atoms with Crippen molar-refractivity contribution in [2.24, 2.45) is 0 Å². The number of hydrogen-bond acceptors (Lipinski definition) is 1. The Hall–Kier alpha value is -2.24. The first-order valence-corrected chi connectivity index (χ1v) is 8.10. The second-order valence-electron chi connectivity index (χ2n) is 6.37. The highest BCUT2D eigenvalue weighted by atomic mass is 19.4. The molecule has 1 N–H and O–H groups in total. The van der Waals surface area contributed by atoms with E-state index < -0.39 is 90.7 Å². The normalized spacial score (nSPS) is 16.3. The topological polar surface area (TPSA) is 37.3 Å². The van der Waals surface area contributed by atoms with Crippen LogP contribution in [0.2, 0.25) is 0 Å². The van der Waals surface area contributed by atoms with Gasteiger partial charge in [-0.1, -0.05) is 0 Å². The SMILES string of the molecule is O=C(O)C(=C(F)C(F)=C(F)C(F)(F)F)C(F)(F)C(F)(F)C(F)(F)C(F)(F)CCCCC(F)(F)F. The summed E-state index contributed by atoms with van der Waals surface area (Å²) in [7, 11) is 0. The zero-order valence-electron chi connectivity index (χ0n) is 15.6. The maximum Gasteiger partial charge on any atom is 0.446 e. The Kier molecular flexibility index (Phi) is 9.14. The van der Waals surface area contributed by atoms with Gasteiger partial charge in [0.1, 0.15) is 0 Å². The molecule has 0 saturated carbocycles. The summed E-state index contributed by atoms with van der Waals surface area (Å²) in [6.07, 6.45) is -19.1. The lowest BCUT2D eigenvalue weighted by molar-refractivity contribution is -0.358. The molecule has 0 atom stereocenters. The summed E-state index contributed by atoms with van der Waals surface area (Å²) in [6, 6.07) is 0. The van der Waals surface area contributed by atoms with Gasteiger partial charge in [0, 0.05) is 12.8 Å². The molecule has 19 heteroatoms. The average Bonchev–Trinajstić information content (AvgIpc) is 2.61. The lowest BCUT2D eigenvalue weighted by Gasteiger charge is -2.37. The predicted octanol–water partition coefficient (Wildman–Crippen LogP) is 7.67. The summed E-state index contributed by atoms with van der Waals surface area (Å²) in [4.78, 5) is 10.6. The van der Waals surface area contributed by atoms with Crippen LogP contribution in [0.4, 0.5) is 74.6 Å². The number of alkyl halides is 14. The van der Waals surface area contributed by atoms with Crippen LogP contribution in [0.1, 0.15) is 25.7 Å². The Morgan fingerprint density at radius 3 is 1.38 bits per heavy atom. The molecule has 200 valence electrons. The Bertz CT molecular complexity index is 816. The van der Waals surface area contributed by atoms with E-state index in [1.54, 1.807) is 0 Å². The van der Waals surface area contributed by atoms with Gasteiger partial charge in [-0.15, -0.1) is 0 Å². The van der Waals surface area contributed by atoms with Crippen molar-refractivity contribution >= 4 is 5.97 Å². The molecule has 0 aromatic carbocycles. The van der Waals surface area contributed by atoms with E-state index in [1.807, 2.05) is 0 Å². The van der Waals surface area contributed by atoms with E-state index in [0.29, 0.717) is 0 Å². The first-order valence-electron chi connectivity index (χ1n) is 8.10. The Morgan fingerprint density at radius 1 is 0.618 bits per heavy atom. The van der Waals surface area contributed by atoms with E-state index in [0.717, 1.165) is 0 Å². The molecule has 0 radical (unpaired) electrons. The van der Waals surface area contributed by atoms with Crippen molar-refractivity contribution < 1.29 is 84.5 Å². The van der Waals surface area contributed by atoms with Crippen molar-refractivity contribution in [2.45, 2.75) is 61.7 Å². The van der Waals surface area contributed by atoms with Crippen LogP contribution in [0.25, 0.3) is 0 Å². The summed E-state index contributed by atoms with van der Waals surface area (Å²) < 4.78 is 221. The van der Waals surface area contributed by atoms with Crippen molar-refractivity contribution in [2.75, 3.05) is 0 Å². The number of carboxylic acids is 1. The zero-order valence-corrected chi connectivity index (χ0v) is 15.6. The first-order chi connectivity index (χ1) is 14.8. The quantitative estimate of drug-likeness (QED) is 0.133.